The maximum Gasteiger partial charge on any atom is 0.146 e. The van der Waals surface area contributed by atoms with Crippen molar-refractivity contribution in [2.75, 3.05) is 31.6 Å². The predicted molar refractivity (Wildman–Crippen MR) is 107 cm³/mol. The lowest BCUT2D eigenvalue weighted by molar-refractivity contribution is 0.0331. The summed E-state index contributed by atoms with van der Waals surface area (Å²) in [6.45, 7) is 8.24. The van der Waals surface area contributed by atoms with Crippen molar-refractivity contribution in [2.24, 2.45) is 0 Å². The number of aryl methyl sites for hydroxylation is 2. The zero-order valence-electron chi connectivity index (χ0n) is 15.5. The van der Waals surface area contributed by atoms with Gasteiger partial charge in [0.05, 0.1) is 36.8 Å². The summed E-state index contributed by atoms with van der Waals surface area (Å²) < 4.78 is 5.43. The zero-order valence-corrected chi connectivity index (χ0v) is 16.3. The minimum atomic E-state index is 0.622. The Kier molecular flexibility index (Phi) is 5.03. The highest BCUT2D eigenvalue weighted by Gasteiger charge is 2.18. The van der Waals surface area contributed by atoms with Gasteiger partial charge in [-0.3, -0.25) is 4.90 Å². The number of benzene rings is 1. The van der Waals surface area contributed by atoms with E-state index in [0.29, 0.717) is 12.1 Å². The van der Waals surface area contributed by atoms with Gasteiger partial charge in [0.2, 0.25) is 0 Å². The van der Waals surface area contributed by atoms with Crippen LogP contribution in [0.15, 0.2) is 24.3 Å². The molecule has 1 fully saturated rings. The molecule has 1 N–H and O–H groups in total. The quantitative estimate of drug-likeness (QED) is 0.744. The van der Waals surface area contributed by atoms with Crippen molar-refractivity contribution in [3.63, 3.8) is 0 Å². The van der Waals surface area contributed by atoms with Gasteiger partial charge in [-0.05, 0) is 37.6 Å². The van der Waals surface area contributed by atoms with Crippen LogP contribution in [0.2, 0.25) is 0 Å². The van der Waals surface area contributed by atoms with E-state index < -0.39 is 0 Å². The molecule has 27 heavy (non-hydrogen) atoms. The lowest BCUT2D eigenvalue weighted by atomic mass is 10.2. The third kappa shape index (κ3) is 3.78. The number of nitrogens with one attached hydrogen (secondary N) is 1. The Morgan fingerprint density at radius 3 is 2.85 bits per heavy atom. The lowest BCUT2D eigenvalue weighted by Crippen LogP contribution is -2.36. The van der Waals surface area contributed by atoms with Crippen molar-refractivity contribution in [1.29, 1.82) is 5.26 Å². The van der Waals surface area contributed by atoms with E-state index in [1.54, 1.807) is 17.4 Å². The fourth-order valence-corrected chi connectivity index (χ4v) is 4.27. The number of aromatic nitrogens is 2. The molecule has 0 aliphatic carbocycles. The SMILES string of the molecule is Cc1sc2nc(CN3CCOCC3)nc(Nc3cccc(C#N)c3)c2c1C. The monoisotopic (exact) mass is 379 g/mol. The minimum absolute atomic E-state index is 0.622. The van der Waals surface area contributed by atoms with Gasteiger partial charge in [-0.15, -0.1) is 11.3 Å². The van der Waals surface area contributed by atoms with Gasteiger partial charge >= 0.3 is 0 Å². The largest absolute Gasteiger partial charge is 0.379 e. The van der Waals surface area contributed by atoms with Crippen molar-refractivity contribution >= 4 is 33.1 Å². The van der Waals surface area contributed by atoms with Crippen molar-refractivity contribution in [1.82, 2.24) is 14.9 Å². The molecule has 0 bridgehead atoms. The van der Waals surface area contributed by atoms with Crippen LogP contribution in [0.4, 0.5) is 11.5 Å². The number of hydrogen-bond donors (Lipinski definition) is 1. The Morgan fingerprint density at radius 2 is 2.07 bits per heavy atom. The number of morpholine rings is 1. The number of nitrogens with zero attached hydrogens (tertiary/aromatic N) is 4. The second kappa shape index (κ2) is 7.61. The van der Waals surface area contributed by atoms with Gasteiger partial charge in [-0.25, -0.2) is 9.97 Å². The number of hydrogen-bond acceptors (Lipinski definition) is 7. The summed E-state index contributed by atoms with van der Waals surface area (Å²) in [7, 11) is 0. The smallest absolute Gasteiger partial charge is 0.146 e. The van der Waals surface area contributed by atoms with Gasteiger partial charge in [-0.1, -0.05) is 6.07 Å². The maximum absolute atomic E-state index is 9.16. The first-order valence-electron chi connectivity index (χ1n) is 8.98. The van der Waals surface area contributed by atoms with Crippen LogP contribution in [0.3, 0.4) is 0 Å². The second-order valence-electron chi connectivity index (χ2n) is 6.66. The highest BCUT2D eigenvalue weighted by molar-refractivity contribution is 7.18. The molecule has 7 heteroatoms. The molecule has 4 rings (SSSR count). The average molecular weight is 379 g/mol. The van der Waals surface area contributed by atoms with Gasteiger partial charge in [0.1, 0.15) is 16.5 Å². The number of fused-ring (bicyclic) bond motifs is 1. The van der Waals surface area contributed by atoms with Gasteiger partial charge < -0.3 is 10.1 Å². The third-order valence-corrected chi connectivity index (χ3v) is 5.90. The molecule has 3 aromatic rings. The van der Waals surface area contributed by atoms with Crippen LogP contribution < -0.4 is 5.32 Å². The molecule has 1 aliphatic heterocycles. The van der Waals surface area contributed by atoms with E-state index in [1.807, 2.05) is 18.2 Å². The summed E-state index contributed by atoms with van der Waals surface area (Å²) in [6.07, 6.45) is 0. The molecule has 6 nitrogen and oxygen atoms in total. The van der Waals surface area contributed by atoms with Crippen molar-refractivity contribution < 1.29 is 4.74 Å². The summed E-state index contributed by atoms with van der Waals surface area (Å²) in [5.41, 5.74) is 2.68. The number of rotatable bonds is 4. The summed E-state index contributed by atoms with van der Waals surface area (Å²) in [5, 5.41) is 13.6. The van der Waals surface area contributed by atoms with E-state index in [1.165, 1.54) is 10.4 Å². The van der Waals surface area contributed by atoms with Gasteiger partial charge in [-0.2, -0.15) is 5.26 Å². The standard InChI is InChI=1S/C20H21N5OS/c1-13-14(2)27-20-18(13)19(22-16-5-3-4-15(10-16)11-21)23-17(24-20)12-25-6-8-26-9-7-25/h3-5,10H,6-9,12H2,1-2H3,(H,22,23,24). The van der Waals surface area contributed by atoms with E-state index in [2.05, 4.69) is 30.1 Å². The van der Waals surface area contributed by atoms with E-state index in [9.17, 15) is 0 Å². The summed E-state index contributed by atoms with van der Waals surface area (Å²) in [6, 6.07) is 9.64. The van der Waals surface area contributed by atoms with Crippen LogP contribution >= 0.6 is 11.3 Å². The Hall–Kier alpha value is -2.53. The van der Waals surface area contributed by atoms with Gasteiger partial charge in [0.15, 0.2) is 0 Å². The summed E-state index contributed by atoms with van der Waals surface area (Å²) in [4.78, 5) is 14.2. The molecule has 1 saturated heterocycles. The predicted octanol–water partition coefficient (Wildman–Crippen LogP) is 3.76. The number of anilines is 2. The molecule has 0 radical (unpaired) electrons. The molecule has 3 heterocycles. The molecule has 1 aliphatic rings. The van der Waals surface area contributed by atoms with Crippen LogP contribution in [-0.4, -0.2) is 41.2 Å². The highest BCUT2D eigenvalue weighted by atomic mass is 32.1. The molecular formula is C20H21N5OS. The van der Waals surface area contributed by atoms with E-state index in [-0.39, 0.29) is 0 Å². The van der Waals surface area contributed by atoms with Crippen LogP contribution in [0.1, 0.15) is 21.8 Å². The van der Waals surface area contributed by atoms with E-state index in [4.69, 9.17) is 20.0 Å². The number of thiophene rings is 1. The molecule has 0 unspecified atom stereocenters. The average Bonchev–Trinajstić information content (AvgIpc) is 2.97. The normalized spacial score (nSPS) is 15.0. The molecule has 138 valence electrons. The lowest BCUT2D eigenvalue weighted by Gasteiger charge is -2.25. The Bertz CT molecular complexity index is 1020. The Morgan fingerprint density at radius 1 is 1.26 bits per heavy atom. The summed E-state index contributed by atoms with van der Waals surface area (Å²) >= 11 is 1.70. The van der Waals surface area contributed by atoms with Crippen LogP contribution in [0.5, 0.6) is 0 Å². The number of nitriles is 1. The third-order valence-electron chi connectivity index (χ3n) is 4.80. The maximum atomic E-state index is 9.16. The van der Waals surface area contributed by atoms with Crippen LogP contribution in [0, 0.1) is 25.2 Å². The summed E-state index contributed by atoms with van der Waals surface area (Å²) in [5.74, 6) is 1.62. The molecule has 0 atom stereocenters. The first-order chi connectivity index (χ1) is 13.1. The Labute approximate surface area is 162 Å². The fraction of sp³-hybridized carbons (Fsp3) is 0.350. The van der Waals surface area contributed by atoms with E-state index in [0.717, 1.165) is 53.8 Å². The first-order valence-corrected chi connectivity index (χ1v) is 9.79. The topological polar surface area (TPSA) is 74.1 Å². The van der Waals surface area contributed by atoms with Crippen molar-refractivity contribution in [3.8, 4) is 6.07 Å². The molecule has 2 aromatic heterocycles. The second-order valence-corrected chi connectivity index (χ2v) is 7.86. The minimum Gasteiger partial charge on any atom is -0.379 e. The highest BCUT2D eigenvalue weighted by Crippen LogP contribution is 2.34. The van der Waals surface area contributed by atoms with Gasteiger partial charge in [0, 0.05) is 23.7 Å². The van der Waals surface area contributed by atoms with Gasteiger partial charge in [0.25, 0.3) is 0 Å². The molecule has 1 aromatic carbocycles. The zero-order chi connectivity index (χ0) is 18.8. The number of ether oxygens (including phenoxy) is 1. The molecular weight excluding hydrogens is 358 g/mol. The van der Waals surface area contributed by atoms with E-state index >= 15 is 0 Å². The van der Waals surface area contributed by atoms with Crippen LogP contribution in [-0.2, 0) is 11.3 Å². The van der Waals surface area contributed by atoms with Crippen molar-refractivity contribution in [3.05, 3.63) is 46.1 Å². The van der Waals surface area contributed by atoms with Crippen LogP contribution in [0.25, 0.3) is 10.2 Å². The van der Waals surface area contributed by atoms with Crippen molar-refractivity contribution in [2.45, 2.75) is 20.4 Å². The molecule has 0 saturated carbocycles. The Balaban J connectivity index is 1.73. The molecule has 0 spiro atoms. The first kappa shape index (κ1) is 17.9. The fourth-order valence-electron chi connectivity index (χ4n) is 3.22. The molecule has 0 amide bonds.